The van der Waals surface area contributed by atoms with Crippen molar-refractivity contribution in [3.63, 3.8) is 0 Å². The molecule has 0 radical (unpaired) electrons. The van der Waals surface area contributed by atoms with Crippen LogP contribution in [0.25, 0.3) is 5.69 Å². The summed E-state index contributed by atoms with van der Waals surface area (Å²) in [5.74, 6) is -0.0635. The van der Waals surface area contributed by atoms with Crippen LogP contribution < -0.4 is 10.6 Å². The molecule has 37 heavy (non-hydrogen) atoms. The molecule has 7 nitrogen and oxygen atoms in total. The average Bonchev–Trinajstić information content (AvgIpc) is 3.22. The number of aryl methyl sites for hydroxylation is 1. The second kappa shape index (κ2) is 11.1. The third-order valence-corrected chi connectivity index (χ3v) is 5.68. The maximum Gasteiger partial charge on any atom is 0.418 e. The summed E-state index contributed by atoms with van der Waals surface area (Å²) in [4.78, 5) is 27.1. The van der Waals surface area contributed by atoms with Gasteiger partial charge in [0.05, 0.1) is 22.6 Å². The van der Waals surface area contributed by atoms with Crippen molar-refractivity contribution in [2.45, 2.75) is 52.6 Å². The van der Waals surface area contributed by atoms with Gasteiger partial charge in [-0.25, -0.2) is 9.48 Å². The molecule has 0 spiro atoms. The summed E-state index contributed by atoms with van der Waals surface area (Å²) < 4.78 is 41.7. The third-order valence-electron chi connectivity index (χ3n) is 5.68. The van der Waals surface area contributed by atoms with Gasteiger partial charge in [-0.15, -0.1) is 0 Å². The van der Waals surface area contributed by atoms with Crippen molar-refractivity contribution in [3.05, 3.63) is 71.4 Å². The van der Waals surface area contributed by atoms with E-state index < -0.39 is 23.7 Å². The lowest BCUT2D eigenvalue weighted by molar-refractivity contribution is -0.137. The van der Waals surface area contributed by atoms with E-state index in [1.165, 1.54) is 23.1 Å². The van der Waals surface area contributed by atoms with E-state index in [9.17, 15) is 22.8 Å². The lowest BCUT2D eigenvalue weighted by Crippen LogP contribution is -2.41. The Morgan fingerprint density at radius 1 is 1.00 bits per heavy atom. The van der Waals surface area contributed by atoms with Crippen molar-refractivity contribution in [2.24, 2.45) is 0 Å². The van der Waals surface area contributed by atoms with Crippen molar-refractivity contribution in [3.8, 4) is 5.69 Å². The van der Waals surface area contributed by atoms with Gasteiger partial charge in [0.15, 0.2) is 0 Å². The van der Waals surface area contributed by atoms with Gasteiger partial charge in [0.25, 0.3) is 0 Å². The second-order valence-corrected chi connectivity index (χ2v) is 9.81. The molecule has 0 atom stereocenters. The number of amides is 3. The molecule has 0 fully saturated rings. The topological polar surface area (TPSA) is 79.3 Å². The van der Waals surface area contributed by atoms with Crippen LogP contribution in [0.3, 0.4) is 0 Å². The molecule has 0 bridgehead atoms. The van der Waals surface area contributed by atoms with Crippen LogP contribution in [0.2, 0.25) is 0 Å². The van der Waals surface area contributed by atoms with Crippen LogP contribution in [0.4, 0.5) is 29.5 Å². The number of nitrogens with one attached hydrogen (secondary N) is 2. The minimum atomic E-state index is -4.63. The highest BCUT2D eigenvalue weighted by Crippen LogP contribution is 2.34. The third kappa shape index (κ3) is 6.90. The fourth-order valence-electron chi connectivity index (χ4n) is 3.73. The summed E-state index contributed by atoms with van der Waals surface area (Å²) in [5.41, 5.74) is 0.901. The summed E-state index contributed by atoms with van der Waals surface area (Å²) in [5, 5.41) is 9.85. The minimum Gasteiger partial charge on any atom is -0.315 e. The molecule has 3 amide bonds. The quantitative estimate of drug-likeness (QED) is 0.383. The first-order valence-corrected chi connectivity index (χ1v) is 12.0. The number of para-hydroxylation sites is 2. The number of halogens is 3. The minimum absolute atomic E-state index is 0.178. The first-order chi connectivity index (χ1) is 17.3. The normalized spacial score (nSPS) is 11.8. The maximum atomic E-state index is 13.4. The number of benzene rings is 2. The van der Waals surface area contributed by atoms with Crippen molar-refractivity contribution < 1.29 is 22.8 Å². The number of alkyl halides is 3. The molecule has 10 heteroatoms. The molecule has 2 aromatic carbocycles. The Balaban J connectivity index is 1.83. The first kappa shape index (κ1) is 27.8. The van der Waals surface area contributed by atoms with Gasteiger partial charge >= 0.3 is 12.2 Å². The molecule has 1 aromatic heterocycles. The summed E-state index contributed by atoms with van der Waals surface area (Å²) in [6, 6.07) is 13.3. The van der Waals surface area contributed by atoms with Crippen LogP contribution in [0.15, 0.2) is 54.6 Å². The van der Waals surface area contributed by atoms with Gasteiger partial charge in [-0.05, 0) is 37.1 Å². The zero-order valence-corrected chi connectivity index (χ0v) is 21.6. The van der Waals surface area contributed by atoms with Gasteiger partial charge in [-0.2, -0.15) is 18.3 Å². The molecule has 198 valence electrons. The van der Waals surface area contributed by atoms with E-state index in [1.54, 1.807) is 10.7 Å². The van der Waals surface area contributed by atoms with Crippen LogP contribution in [0.5, 0.6) is 0 Å². The van der Waals surface area contributed by atoms with Crippen molar-refractivity contribution >= 4 is 23.4 Å². The number of aromatic nitrogens is 2. The molecule has 0 unspecified atom stereocenters. The number of anilines is 2. The number of hydrogen-bond donors (Lipinski definition) is 2. The Hall–Kier alpha value is -3.82. The molecular formula is C27H32F3N5O2. The molecule has 3 aromatic rings. The second-order valence-electron chi connectivity index (χ2n) is 9.81. The zero-order chi connectivity index (χ0) is 27.4. The van der Waals surface area contributed by atoms with Crippen LogP contribution in [-0.4, -0.2) is 39.7 Å². The van der Waals surface area contributed by atoms with Crippen LogP contribution in [0.1, 0.15) is 50.9 Å². The fourth-order valence-corrected chi connectivity index (χ4v) is 3.73. The number of carbonyl (C=O) groups excluding carboxylic acids is 2. The van der Waals surface area contributed by atoms with E-state index in [-0.39, 0.29) is 24.2 Å². The number of nitrogens with zero attached hydrogens (tertiary/aromatic N) is 3. The molecule has 2 N–H and O–H groups in total. The monoisotopic (exact) mass is 515 g/mol. The Kier molecular flexibility index (Phi) is 8.30. The van der Waals surface area contributed by atoms with Crippen molar-refractivity contribution in [1.82, 2.24) is 14.7 Å². The molecule has 3 rings (SSSR count). The van der Waals surface area contributed by atoms with E-state index in [0.717, 1.165) is 23.0 Å². The van der Waals surface area contributed by atoms with Gasteiger partial charge in [0.1, 0.15) is 12.4 Å². The lowest BCUT2D eigenvalue weighted by Gasteiger charge is -2.23. The van der Waals surface area contributed by atoms with E-state index in [2.05, 4.69) is 10.6 Å². The highest BCUT2D eigenvalue weighted by molar-refractivity contribution is 5.97. The molecular weight excluding hydrogens is 483 g/mol. The standard InChI is InChI=1S/C27H32F3N5O2/c1-6-15-34(25(37)31-20-13-9-8-12-19(20)27(28,29)30)17-24(36)32-23-16-22(26(3,4)5)33-35(23)21-14-10-7-11-18(21)2/h7-14,16H,6,15,17H2,1-5H3,(H,31,37)(H,32,36). The maximum absolute atomic E-state index is 13.4. The van der Waals surface area contributed by atoms with E-state index in [0.29, 0.717) is 12.2 Å². The molecule has 0 saturated heterocycles. The van der Waals surface area contributed by atoms with E-state index in [1.807, 2.05) is 58.9 Å². The SMILES string of the molecule is CCCN(CC(=O)Nc1cc(C(C)(C)C)nn1-c1ccccc1C)C(=O)Nc1ccccc1C(F)(F)F. The highest BCUT2D eigenvalue weighted by Gasteiger charge is 2.34. The lowest BCUT2D eigenvalue weighted by atomic mass is 9.92. The Morgan fingerprint density at radius 2 is 1.65 bits per heavy atom. The van der Waals surface area contributed by atoms with Gasteiger partial charge in [0.2, 0.25) is 5.91 Å². The fraction of sp³-hybridized carbons (Fsp3) is 0.370. The van der Waals surface area contributed by atoms with E-state index >= 15 is 0 Å². The first-order valence-electron chi connectivity index (χ1n) is 12.0. The Morgan fingerprint density at radius 3 is 2.27 bits per heavy atom. The van der Waals surface area contributed by atoms with Crippen LogP contribution in [0, 0.1) is 6.92 Å². The van der Waals surface area contributed by atoms with Gasteiger partial charge < -0.3 is 15.5 Å². The van der Waals surface area contributed by atoms with Crippen LogP contribution in [-0.2, 0) is 16.4 Å². The smallest absolute Gasteiger partial charge is 0.315 e. The summed E-state index contributed by atoms with van der Waals surface area (Å²) in [6.07, 6.45) is -4.12. The summed E-state index contributed by atoms with van der Waals surface area (Å²) >= 11 is 0. The Bertz CT molecular complexity index is 1260. The van der Waals surface area contributed by atoms with Gasteiger partial charge in [-0.3, -0.25) is 4.79 Å². The Labute approximate surface area is 214 Å². The summed E-state index contributed by atoms with van der Waals surface area (Å²) in [7, 11) is 0. The predicted molar refractivity (Wildman–Crippen MR) is 138 cm³/mol. The number of hydrogen-bond acceptors (Lipinski definition) is 3. The molecule has 0 aliphatic rings. The number of rotatable bonds is 7. The van der Waals surface area contributed by atoms with E-state index in [4.69, 9.17) is 5.10 Å². The van der Waals surface area contributed by atoms with Gasteiger partial charge in [0, 0.05) is 18.0 Å². The summed E-state index contributed by atoms with van der Waals surface area (Å²) in [6.45, 7) is 9.60. The van der Waals surface area contributed by atoms with Crippen molar-refractivity contribution in [1.29, 1.82) is 0 Å². The number of urea groups is 1. The predicted octanol–water partition coefficient (Wildman–Crippen LogP) is 6.38. The van der Waals surface area contributed by atoms with Crippen LogP contribution >= 0.6 is 0 Å². The largest absolute Gasteiger partial charge is 0.418 e. The zero-order valence-electron chi connectivity index (χ0n) is 21.6. The molecule has 0 saturated carbocycles. The molecule has 1 heterocycles. The highest BCUT2D eigenvalue weighted by atomic mass is 19.4. The molecule has 0 aliphatic heterocycles. The molecule has 0 aliphatic carbocycles. The van der Waals surface area contributed by atoms with Crippen molar-refractivity contribution in [2.75, 3.05) is 23.7 Å². The average molecular weight is 516 g/mol. The number of carbonyl (C=O) groups is 2. The van der Waals surface area contributed by atoms with Gasteiger partial charge in [-0.1, -0.05) is 58.0 Å².